The second-order valence-corrected chi connectivity index (χ2v) is 7.50. The van der Waals surface area contributed by atoms with Crippen molar-refractivity contribution in [3.8, 4) is 0 Å². The van der Waals surface area contributed by atoms with Gasteiger partial charge in [-0.3, -0.25) is 0 Å². The zero-order valence-corrected chi connectivity index (χ0v) is 13.1. The van der Waals surface area contributed by atoms with Crippen LogP contribution in [0.4, 0.5) is 4.39 Å². The van der Waals surface area contributed by atoms with Crippen LogP contribution in [0.1, 0.15) is 12.8 Å². The molecule has 0 atom stereocenters. The van der Waals surface area contributed by atoms with Gasteiger partial charge in [-0.15, -0.1) is 0 Å². The summed E-state index contributed by atoms with van der Waals surface area (Å²) in [4.78, 5) is 2.13. The summed E-state index contributed by atoms with van der Waals surface area (Å²) in [7, 11) is -0.111. The fourth-order valence-corrected chi connectivity index (χ4v) is 4.31. The Bertz CT molecular complexity index is 586. The number of hydrogen-bond acceptors (Lipinski definition) is 3. The predicted molar refractivity (Wildman–Crippen MR) is 76.9 cm³/mol. The van der Waals surface area contributed by atoms with Gasteiger partial charge in [-0.25, -0.2) is 12.8 Å². The van der Waals surface area contributed by atoms with Crippen molar-refractivity contribution in [2.24, 2.45) is 0 Å². The lowest BCUT2D eigenvalue weighted by Gasteiger charge is -2.34. The summed E-state index contributed by atoms with van der Waals surface area (Å²) in [6.07, 6.45) is 1.57. The molecule has 2 rings (SSSR count). The average molecular weight is 321 g/mol. The Labute approximate surface area is 124 Å². The topological polar surface area (TPSA) is 40.6 Å². The lowest BCUT2D eigenvalue weighted by Crippen LogP contribution is -2.44. The van der Waals surface area contributed by atoms with E-state index in [-0.39, 0.29) is 16.0 Å². The Morgan fingerprint density at radius 2 is 1.95 bits per heavy atom. The molecule has 112 valence electrons. The van der Waals surface area contributed by atoms with Crippen molar-refractivity contribution in [1.82, 2.24) is 9.21 Å². The summed E-state index contributed by atoms with van der Waals surface area (Å²) in [5.41, 5.74) is 0. The monoisotopic (exact) mass is 320 g/mol. The second kappa shape index (κ2) is 5.97. The molecule has 7 heteroatoms. The molecule has 0 amide bonds. The van der Waals surface area contributed by atoms with E-state index >= 15 is 0 Å². The van der Waals surface area contributed by atoms with Crippen molar-refractivity contribution in [3.63, 3.8) is 0 Å². The number of nitrogens with zero attached hydrogens (tertiary/aromatic N) is 2. The van der Waals surface area contributed by atoms with Gasteiger partial charge in [0.1, 0.15) is 10.7 Å². The summed E-state index contributed by atoms with van der Waals surface area (Å²) < 4.78 is 39.5. The quantitative estimate of drug-likeness (QED) is 0.857. The summed E-state index contributed by atoms with van der Waals surface area (Å²) in [6, 6.07) is 3.31. The largest absolute Gasteiger partial charge is 0.306 e. The Morgan fingerprint density at radius 1 is 1.35 bits per heavy atom. The molecule has 0 aromatic heterocycles. The number of sulfonamides is 1. The molecule has 0 spiro atoms. The Morgan fingerprint density at radius 3 is 2.50 bits per heavy atom. The van der Waals surface area contributed by atoms with Gasteiger partial charge in [-0.1, -0.05) is 11.6 Å². The van der Waals surface area contributed by atoms with Gasteiger partial charge in [0.15, 0.2) is 0 Å². The normalized spacial score (nSPS) is 18.6. The molecule has 4 nitrogen and oxygen atoms in total. The first kappa shape index (κ1) is 15.7. The van der Waals surface area contributed by atoms with Crippen LogP contribution in [0.15, 0.2) is 23.1 Å². The van der Waals surface area contributed by atoms with Crippen LogP contribution < -0.4 is 0 Å². The van der Waals surface area contributed by atoms with Crippen molar-refractivity contribution in [1.29, 1.82) is 0 Å². The van der Waals surface area contributed by atoms with Gasteiger partial charge in [0.05, 0.1) is 5.02 Å². The minimum atomic E-state index is -3.69. The Balaban J connectivity index is 2.25. The van der Waals surface area contributed by atoms with Crippen molar-refractivity contribution >= 4 is 21.6 Å². The molecule has 1 heterocycles. The Hall–Kier alpha value is -0.690. The fourth-order valence-electron chi connectivity index (χ4n) is 2.39. The van der Waals surface area contributed by atoms with Crippen molar-refractivity contribution in [2.75, 3.05) is 27.2 Å². The van der Waals surface area contributed by atoms with Crippen LogP contribution in [0.3, 0.4) is 0 Å². The smallest absolute Gasteiger partial charge is 0.244 e. The molecule has 0 unspecified atom stereocenters. The minimum absolute atomic E-state index is 0.0398. The van der Waals surface area contributed by atoms with E-state index in [1.807, 2.05) is 7.05 Å². The number of likely N-dealkylation sites (tertiary alicyclic amines) is 1. The van der Waals surface area contributed by atoms with E-state index < -0.39 is 15.8 Å². The van der Waals surface area contributed by atoms with Gasteiger partial charge in [0.2, 0.25) is 10.0 Å². The molecule has 1 aliphatic rings. The van der Waals surface area contributed by atoms with Gasteiger partial charge >= 0.3 is 0 Å². The van der Waals surface area contributed by atoms with Crippen LogP contribution in [-0.2, 0) is 10.0 Å². The second-order valence-electron chi connectivity index (χ2n) is 5.13. The number of halogens is 2. The van der Waals surface area contributed by atoms with Crippen LogP contribution in [0.5, 0.6) is 0 Å². The lowest BCUT2D eigenvalue weighted by atomic mass is 10.1. The van der Waals surface area contributed by atoms with Crippen molar-refractivity contribution in [2.45, 2.75) is 23.8 Å². The number of hydrogen-bond donors (Lipinski definition) is 0. The standard InChI is InChI=1S/C13H18ClFN2O2S/c1-16-7-5-11(6-8-16)17(2)20(18,19)13-4-3-10(15)9-12(13)14/h3-4,9,11H,5-8H2,1-2H3. The van der Waals surface area contributed by atoms with Crippen LogP contribution in [-0.4, -0.2) is 50.8 Å². The summed E-state index contributed by atoms with van der Waals surface area (Å²) >= 11 is 5.87. The highest BCUT2D eigenvalue weighted by Crippen LogP contribution is 2.27. The van der Waals surface area contributed by atoms with E-state index in [2.05, 4.69) is 4.90 Å². The van der Waals surface area contributed by atoms with E-state index in [1.54, 1.807) is 7.05 Å². The number of benzene rings is 1. The zero-order chi connectivity index (χ0) is 14.9. The van der Waals surface area contributed by atoms with Crippen LogP contribution >= 0.6 is 11.6 Å². The van der Waals surface area contributed by atoms with Crippen molar-refractivity contribution in [3.05, 3.63) is 29.0 Å². The Kier molecular flexibility index (Phi) is 4.69. The maximum atomic E-state index is 13.0. The number of rotatable bonds is 3. The maximum absolute atomic E-state index is 13.0. The van der Waals surface area contributed by atoms with Gasteiger partial charge < -0.3 is 4.90 Å². The first-order valence-corrected chi connectivity index (χ1v) is 8.26. The molecule has 1 fully saturated rings. The summed E-state index contributed by atoms with van der Waals surface area (Å²) in [5, 5.41) is -0.0789. The number of piperidine rings is 1. The molecular weight excluding hydrogens is 303 g/mol. The first-order valence-electron chi connectivity index (χ1n) is 6.44. The molecule has 20 heavy (non-hydrogen) atoms. The third kappa shape index (κ3) is 3.14. The fraction of sp³-hybridized carbons (Fsp3) is 0.538. The zero-order valence-electron chi connectivity index (χ0n) is 11.5. The van der Waals surface area contributed by atoms with Gasteiger partial charge in [0.25, 0.3) is 0 Å². The van der Waals surface area contributed by atoms with Crippen molar-refractivity contribution < 1.29 is 12.8 Å². The molecule has 1 aromatic carbocycles. The lowest BCUT2D eigenvalue weighted by molar-refractivity contribution is 0.197. The molecule has 0 radical (unpaired) electrons. The molecular formula is C13H18ClFN2O2S. The van der Waals surface area contributed by atoms with Gasteiger partial charge in [-0.05, 0) is 51.2 Å². The predicted octanol–water partition coefficient (Wildman–Crippen LogP) is 2.19. The van der Waals surface area contributed by atoms with Gasteiger partial charge in [-0.2, -0.15) is 4.31 Å². The van der Waals surface area contributed by atoms with Crippen LogP contribution in [0.25, 0.3) is 0 Å². The van der Waals surface area contributed by atoms with E-state index in [4.69, 9.17) is 11.6 Å². The summed E-state index contributed by atoms with van der Waals surface area (Å²) in [6.45, 7) is 1.73. The van der Waals surface area contributed by atoms with E-state index in [0.717, 1.165) is 38.1 Å². The molecule has 1 saturated heterocycles. The SMILES string of the molecule is CN1CCC(N(C)S(=O)(=O)c2ccc(F)cc2Cl)CC1. The van der Waals surface area contributed by atoms with Gasteiger partial charge in [0, 0.05) is 13.1 Å². The molecule has 0 aliphatic carbocycles. The highest BCUT2D eigenvalue weighted by molar-refractivity contribution is 7.89. The third-order valence-corrected chi connectivity index (χ3v) is 6.15. The molecule has 0 N–H and O–H groups in total. The molecule has 0 bridgehead atoms. The molecule has 1 aromatic rings. The average Bonchev–Trinajstić information content (AvgIpc) is 2.38. The molecule has 1 aliphatic heterocycles. The third-order valence-electron chi connectivity index (χ3n) is 3.75. The summed E-state index contributed by atoms with van der Waals surface area (Å²) in [5.74, 6) is -0.545. The first-order chi connectivity index (χ1) is 9.32. The van der Waals surface area contributed by atoms with E-state index in [0.29, 0.717) is 0 Å². The minimum Gasteiger partial charge on any atom is -0.306 e. The maximum Gasteiger partial charge on any atom is 0.244 e. The molecule has 0 saturated carbocycles. The highest BCUT2D eigenvalue weighted by Gasteiger charge is 2.31. The van der Waals surface area contributed by atoms with Crippen LogP contribution in [0, 0.1) is 5.82 Å². The van der Waals surface area contributed by atoms with E-state index in [9.17, 15) is 12.8 Å². The highest BCUT2D eigenvalue weighted by atomic mass is 35.5. The van der Waals surface area contributed by atoms with E-state index in [1.165, 1.54) is 10.4 Å². The van der Waals surface area contributed by atoms with Crippen LogP contribution in [0.2, 0.25) is 5.02 Å².